The summed E-state index contributed by atoms with van der Waals surface area (Å²) in [7, 11) is 0. The molecule has 0 heterocycles. The third kappa shape index (κ3) is 3.18. The lowest BCUT2D eigenvalue weighted by Crippen LogP contribution is -2.12. The maximum Gasteiger partial charge on any atom is 0.341 e. The third-order valence-corrected chi connectivity index (χ3v) is 1.94. The van der Waals surface area contributed by atoms with Gasteiger partial charge in [-0.05, 0) is 24.3 Å². The first-order valence-corrected chi connectivity index (χ1v) is 4.53. The quantitative estimate of drug-likeness (QED) is 0.839. The molecule has 0 atom stereocenters. The van der Waals surface area contributed by atoms with Gasteiger partial charge in [0.2, 0.25) is 0 Å². The van der Waals surface area contributed by atoms with E-state index in [0.717, 1.165) is 4.47 Å². The van der Waals surface area contributed by atoms with Crippen LogP contribution in [0.2, 0.25) is 0 Å². The Labute approximate surface area is 88.6 Å². The van der Waals surface area contributed by atoms with E-state index in [9.17, 15) is 9.59 Å². The highest BCUT2D eigenvalue weighted by Gasteiger charge is 2.08. The van der Waals surface area contributed by atoms with E-state index < -0.39 is 18.5 Å². The number of halogens is 1. The Kier molecular flexibility index (Phi) is 3.64. The predicted octanol–water partition coefficient (Wildman–Crippen LogP) is 1.69. The molecule has 5 heteroatoms. The number of carboxylic acid groups (broad SMARTS) is 1. The molecule has 0 aliphatic rings. The number of hydrogen-bond donors (Lipinski definition) is 1. The summed E-state index contributed by atoms with van der Waals surface area (Å²) in [6, 6.07) is 6.46. The van der Waals surface area contributed by atoms with Crippen LogP contribution in [-0.2, 0) is 9.53 Å². The van der Waals surface area contributed by atoms with E-state index in [0.29, 0.717) is 5.56 Å². The van der Waals surface area contributed by atoms with Gasteiger partial charge in [0.1, 0.15) is 0 Å². The van der Waals surface area contributed by atoms with Crippen molar-refractivity contribution in [1.82, 2.24) is 0 Å². The lowest BCUT2D eigenvalue weighted by atomic mass is 10.2. The molecular weight excluding hydrogens is 252 g/mol. The second kappa shape index (κ2) is 4.76. The van der Waals surface area contributed by atoms with Crippen LogP contribution in [0.4, 0.5) is 0 Å². The van der Waals surface area contributed by atoms with E-state index in [4.69, 9.17) is 5.11 Å². The zero-order valence-corrected chi connectivity index (χ0v) is 8.65. The molecule has 0 radical (unpaired) electrons. The van der Waals surface area contributed by atoms with Crippen molar-refractivity contribution in [2.24, 2.45) is 0 Å². The molecule has 1 aromatic rings. The molecule has 0 unspecified atom stereocenters. The zero-order valence-electron chi connectivity index (χ0n) is 7.07. The van der Waals surface area contributed by atoms with Crippen LogP contribution in [0, 0.1) is 0 Å². The van der Waals surface area contributed by atoms with Crippen LogP contribution in [0.5, 0.6) is 0 Å². The van der Waals surface area contributed by atoms with Crippen molar-refractivity contribution in [3.63, 3.8) is 0 Å². The number of hydrogen-bond acceptors (Lipinski definition) is 3. The average Bonchev–Trinajstić information content (AvgIpc) is 2.15. The van der Waals surface area contributed by atoms with Gasteiger partial charge in [-0.1, -0.05) is 15.9 Å². The molecule has 14 heavy (non-hydrogen) atoms. The first kappa shape index (κ1) is 10.7. The number of carbonyl (C=O) groups is 2. The molecule has 0 aliphatic carbocycles. The van der Waals surface area contributed by atoms with Gasteiger partial charge in [-0.3, -0.25) is 0 Å². The first-order valence-electron chi connectivity index (χ1n) is 3.74. The summed E-state index contributed by atoms with van der Waals surface area (Å²) in [6.45, 7) is -0.616. The molecular formula is C9H7BrO4. The van der Waals surface area contributed by atoms with Gasteiger partial charge in [0, 0.05) is 4.47 Å². The lowest BCUT2D eigenvalue weighted by molar-refractivity contribution is -0.140. The molecule has 1 N–H and O–H groups in total. The number of ether oxygens (including phenoxy) is 1. The Morgan fingerprint density at radius 3 is 2.36 bits per heavy atom. The monoisotopic (exact) mass is 258 g/mol. The van der Waals surface area contributed by atoms with Crippen molar-refractivity contribution >= 4 is 27.9 Å². The molecule has 0 bridgehead atoms. The van der Waals surface area contributed by atoms with E-state index in [1.54, 1.807) is 24.3 Å². The molecule has 0 aliphatic heterocycles. The van der Waals surface area contributed by atoms with Crippen LogP contribution in [0.15, 0.2) is 28.7 Å². The summed E-state index contributed by atoms with van der Waals surface area (Å²) < 4.78 is 5.32. The van der Waals surface area contributed by atoms with Gasteiger partial charge in [0.15, 0.2) is 6.61 Å². The van der Waals surface area contributed by atoms with Gasteiger partial charge in [0.25, 0.3) is 0 Å². The van der Waals surface area contributed by atoms with E-state index in [1.165, 1.54) is 0 Å². The fraction of sp³-hybridized carbons (Fsp3) is 0.111. The van der Waals surface area contributed by atoms with Crippen molar-refractivity contribution in [3.8, 4) is 0 Å². The molecule has 4 nitrogen and oxygen atoms in total. The highest BCUT2D eigenvalue weighted by molar-refractivity contribution is 9.10. The van der Waals surface area contributed by atoms with Crippen molar-refractivity contribution < 1.29 is 19.4 Å². The van der Waals surface area contributed by atoms with Crippen LogP contribution < -0.4 is 0 Å². The maximum absolute atomic E-state index is 11.2. The van der Waals surface area contributed by atoms with Crippen molar-refractivity contribution in [1.29, 1.82) is 0 Å². The van der Waals surface area contributed by atoms with Gasteiger partial charge in [-0.15, -0.1) is 0 Å². The number of benzene rings is 1. The Bertz CT molecular complexity index is 344. The minimum Gasteiger partial charge on any atom is -0.479 e. The number of esters is 1. The van der Waals surface area contributed by atoms with Crippen molar-refractivity contribution in [3.05, 3.63) is 34.3 Å². The van der Waals surface area contributed by atoms with Crippen LogP contribution >= 0.6 is 15.9 Å². The molecule has 0 spiro atoms. The third-order valence-electron chi connectivity index (χ3n) is 1.41. The molecule has 1 aromatic carbocycles. The predicted molar refractivity (Wildman–Crippen MR) is 52.1 cm³/mol. The van der Waals surface area contributed by atoms with Gasteiger partial charge < -0.3 is 9.84 Å². The minimum atomic E-state index is -1.17. The SMILES string of the molecule is O=C(O)COC(=O)c1ccc(Br)cc1. The Morgan fingerprint density at radius 2 is 1.86 bits per heavy atom. The van der Waals surface area contributed by atoms with Crippen molar-refractivity contribution in [2.45, 2.75) is 0 Å². The van der Waals surface area contributed by atoms with Gasteiger partial charge in [-0.25, -0.2) is 9.59 Å². The topological polar surface area (TPSA) is 63.6 Å². The Balaban J connectivity index is 2.61. The van der Waals surface area contributed by atoms with Gasteiger partial charge in [-0.2, -0.15) is 0 Å². The highest BCUT2D eigenvalue weighted by Crippen LogP contribution is 2.11. The Hall–Kier alpha value is -1.36. The Morgan fingerprint density at radius 1 is 1.29 bits per heavy atom. The molecule has 0 saturated heterocycles. The van der Waals surface area contributed by atoms with Gasteiger partial charge >= 0.3 is 11.9 Å². The smallest absolute Gasteiger partial charge is 0.341 e. The standard InChI is InChI=1S/C9H7BrO4/c10-7-3-1-6(2-4-7)9(13)14-5-8(11)12/h1-4H,5H2,(H,11,12). The number of aliphatic carboxylic acids is 1. The van der Waals surface area contributed by atoms with Crippen LogP contribution in [-0.4, -0.2) is 23.7 Å². The minimum absolute atomic E-state index is 0.328. The van der Waals surface area contributed by atoms with E-state index in [2.05, 4.69) is 20.7 Å². The van der Waals surface area contributed by atoms with Gasteiger partial charge in [0.05, 0.1) is 5.56 Å². The molecule has 0 fully saturated rings. The number of rotatable bonds is 3. The first-order chi connectivity index (χ1) is 6.59. The maximum atomic E-state index is 11.2. The fourth-order valence-electron chi connectivity index (χ4n) is 0.797. The normalized spacial score (nSPS) is 9.50. The van der Waals surface area contributed by atoms with Crippen LogP contribution in [0.25, 0.3) is 0 Å². The van der Waals surface area contributed by atoms with Crippen LogP contribution in [0.1, 0.15) is 10.4 Å². The summed E-state index contributed by atoms with van der Waals surface area (Å²) >= 11 is 3.21. The molecule has 0 amide bonds. The molecule has 0 aromatic heterocycles. The molecule has 1 rings (SSSR count). The second-order valence-electron chi connectivity index (χ2n) is 2.48. The molecule has 74 valence electrons. The summed E-state index contributed by atoms with van der Waals surface area (Å²) in [4.78, 5) is 21.3. The van der Waals surface area contributed by atoms with E-state index >= 15 is 0 Å². The summed E-state index contributed by atoms with van der Waals surface area (Å²) in [5, 5.41) is 8.27. The van der Waals surface area contributed by atoms with E-state index in [1.807, 2.05) is 0 Å². The summed E-state index contributed by atoms with van der Waals surface area (Å²) in [5.41, 5.74) is 0.328. The number of carbonyl (C=O) groups excluding carboxylic acids is 1. The average molecular weight is 259 g/mol. The second-order valence-corrected chi connectivity index (χ2v) is 3.39. The lowest BCUT2D eigenvalue weighted by Gasteiger charge is -2.01. The summed E-state index contributed by atoms with van der Waals surface area (Å²) in [6.07, 6.45) is 0. The largest absolute Gasteiger partial charge is 0.479 e. The summed E-state index contributed by atoms with van der Waals surface area (Å²) in [5.74, 6) is -1.81. The van der Waals surface area contributed by atoms with Crippen molar-refractivity contribution in [2.75, 3.05) is 6.61 Å². The van der Waals surface area contributed by atoms with E-state index in [-0.39, 0.29) is 0 Å². The highest BCUT2D eigenvalue weighted by atomic mass is 79.9. The number of carboxylic acids is 1. The molecule has 0 saturated carbocycles. The van der Waals surface area contributed by atoms with Crippen LogP contribution in [0.3, 0.4) is 0 Å². The zero-order chi connectivity index (χ0) is 10.6. The fourth-order valence-corrected chi connectivity index (χ4v) is 1.06.